The number of nitrogens with one attached hydrogen (secondary N) is 1. The topological polar surface area (TPSA) is 101 Å². The molecule has 0 bridgehead atoms. The van der Waals surface area contributed by atoms with E-state index in [1.807, 2.05) is 19.1 Å². The van der Waals surface area contributed by atoms with E-state index in [9.17, 15) is 9.59 Å². The zero-order chi connectivity index (χ0) is 25.9. The number of ether oxygens (including phenoxy) is 1. The molecule has 3 heterocycles. The molecule has 1 aromatic heterocycles. The van der Waals surface area contributed by atoms with E-state index in [-0.39, 0.29) is 17.2 Å². The highest BCUT2D eigenvalue weighted by Crippen LogP contribution is 2.27. The van der Waals surface area contributed by atoms with E-state index in [0.717, 1.165) is 55.9 Å². The Hall–Kier alpha value is -3.10. The Morgan fingerprint density at radius 3 is 2.56 bits per heavy atom. The summed E-state index contributed by atoms with van der Waals surface area (Å²) in [4.78, 5) is 33.1. The summed E-state index contributed by atoms with van der Waals surface area (Å²) >= 11 is 0. The van der Waals surface area contributed by atoms with Crippen LogP contribution in [0.15, 0.2) is 22.7 Å². The fourth-order valence-electron chi connectivity index (χ4n) is 4.80. The first kappa shape index (κ1) is 26.0. The predicted octanol–water partition coefficient (Wildman–Crippen LogP) is 3.71. The van der Waals surface area contributed by atoms with Gasteiger partial charge in [0.25, 0.3) is 5.91 Å². The number of aryl methyl sites for hydroxylation is 1. The Balaban J connectivity index is 1.17. The average Bonchev–Trinajstić information content (AvgIpc) is 3.46. The van der Waals surface area contributed by atoms with Crippen molar-refractivity contribution in [3.8, 4) is 5.75 Å². The van der Waals surface area contributed by atoms with Crippen molar-refractivity contribution in [2.75, 3.05) is 38.2 Å². The van der Waals surface area contributed by atoms with Gasteiger partial charge in [-0.2, -0.15) is 4.98 Å². The molecule has 1 unspecified atom stereocenters. The standard InChI is InChI=1S/C27H39N5O4/c1-18-17-20(8-9-21(18)23(33)28-22-12-13-31(5)24(22)34)35-16-6-7-19-10-14-32(15-11-19)26-29-25(30-36-26)27(2,3)4/h8-9,17,19,22H,6-7,10-16H2,1-5H3,(H,28,33). The zero-order valence-electron chi connectivity index (χ0n) is 22.2. The number of anilines is 1. The molecule has 196 valence electrons. The normalized spacial score (nSPS) is 19.1. The van der Waals surface area contributed by atoms with Crippen molar-refractivity contribution in [1.29, 1.82) is 0 Å². The summed E-state index contributed by atoms with van der Waals surface area (Å²) in [6.45, 7) is 11.3. The van der Waals surface area contributed by atoms with E-state index in [1.165, 1.54) is 0 Å². The van der Waals surface area contributed by atoms with Crippen molar-refractivity contribution < 1.29 is 18.8 Å². The molecular formula is C27H39N5O4. The van der Waals surface area contributed by atoms with E-state index in [1.54, 1.807) is 18.0 Å². The SMILES string of the molecule is Cc1cc(OCCCC2CCN(c3nc(C(C)(C)C)no3)CC2)ccc1C(=O)NC1CCN(C)C1=O. The van der Waals surface area contributed by atoms with Crippen molar-refractivity contribution in [2.24, 2.45) is 5.92 Å². The second-order valence-electron chi connectivity index (χ2n) is 11.1. The maximum absolute atomic E-state index is 12.6. The quantitative estimate of drug-likeness (QED) is 0.555. The number of benzene rings is 1. The fraction of sp³-hybridized carbons (Fsp3) is 0.630. The van der Waals surface area contributed by atoms with Crippen LogP contribution < -0.4 is 15.0 Å². The molecule has 2 fully saturated rings. The number of nitrogens with zero attached hydrogens (tertiary/aromatic N) is 4. The molecule has 2 amide bonds. The number of carbonyl (C=O) groups is 2. The van der Waals surface area contributed by atoms with Crippen LogP contribution in [-0.4, -0.2) is 66.2 Å². The molecule has 1 N–H and O–H groups in total. The summed E-state index contributed by atoms with van der Waals surface area (Å²) in [5.74, 6) is 1.93. The number of aromatic nitrogens is 2. The Labute approximate surface area is 213 Å². The lowest BCUT2D eigenvalue weighted by atomic mass is 9.92. The molecule has 1 atom stereocenters. The van der Waals surface area contributed by atoms with Crippen molar-refractivity contribution in [2.45, 2.75) is 71.3 Å². The third-order valence-corrected chi connectivity index (χ3v) is 7.17. The highest BCUT2D eigenvalue weighted by molar-refractivity contribution is 5.99. The van der Waals surface area contributed by atoms with Crippen molar-refractivity contribution in [3.05, 3.63) is 35.2 Å². The van der Waals surface area contributed by atoms with E-state index in [0.29, 0.717) is 37.1 Å². The second-order valence-corrected chi connectivity index (χ2v) is 11.1. The van der Waals surface area contributed by atoms with Crippen LogP contribution in [0.4, 0.5) is 6.01 Å². The summed E-state index contributed by atoms with van der Waals surface area (Å²) in [6, 6.07) is 5.71. The highest BCUT2D eigenvalue weighted by Gasteiger charge is 2.31. The van der Waals surface area contributed by atoms with Gasteiger partial charge in [-0.15, -0.1) is 0 Å². The van der Waals surface area contributed by atoms with Gasteiger partial charge in [0.05, 0.1) is 6.61 Å². The molecule has 2 aromatic rings. The van der Waals surface area contributed by atoms with Crippen LogP contribution in [0.3, 0.4) is 0 Å². The van der Waals surface area contributed by atoms with Gasteiger partial charge in [0, 0.05) is 37.7 Å². The zero-order valence-corrected chi connectivity index (χ0v) is 22.2. The van der Waals surface area contributed by atoms with Crippen LogP contribution in [0.1, 0.15) is 74.6 Å². The molecule has 2 saturated heterocycles. The average molecular weight is 498 g/mol. The van der Waals surface area contributed by atoms with Crippen LogP contribution >= 0.6 is 0 Å². The minimum absolute atomic E-state index is 0.0315. The number of carbonyl (C=O) groups excluding carboxylic acids is 2. The minimum Gasteiger partial charge on any atom is -0.494 e. The molecular weight excluding hydrogens is 458 g/mol. The summed E-state index contributed by atoms with van der Waals surface area (Å²) in [6.07, 6.45) is 4.96. The van der Waals surface area contributed by atoms with E-state index < -0.39 is 6.04 Å². The number of hydrogen-bond donors (Lipinski definition) is 1. The molecule has 4 rings (SSSR count). The van der Waals surface area contributed by atoms with Gasteiger partial charge >= 0.3 is 6.01 Å². The van der Waals surface area contributed by atoms with Crippen molar-refractivity contribution >= 4 is 17.8 Å². The van der Waals surface area contributed by atoms with Crippen LogP contribution in [0, 0.1) is 12.8 Å². The van der Waals surface area contributed by atoms with E-state index in [4.69, 9.17) is 9.26 Å². The van der Waals surface area contributed by atoms with Gasteiger partial charge in [-0.3, -0.25) is 9.59 Å². The first-order valence-corrected chi connectivity index (χ1v) is 13.0. The molecule has 0 aliphatic carbocycles. The van der Waals surface area contributed by atoms with Gasteiger partial charge in [0.15, 0.2) is 5.82 Å². The molecule has 0 radical (unpaired) electrons. The third kappa shape index (κ3) is 6.17. The molecule has 0 saturated carbocycles. The largest absolute Gasteiger partial charge is 0.494 e. The second kappa shape index (κ2) is 10.9. The van der Waals surface area contributed by atoms with E-state index in [2.05, 4.69) is 41.1 Å². The number of likely N-dealkylation sites (tertiary alicyclic amines) is 1. The highest BCUT2D eigenvalue weighted by atomic mass is 16.5. The lowest BCUT2D eigenvalue weighted by Gasteiger charge is -2.30. The first-order valence-electron chi connectivity index (χ1n) is 13.0. The van der Waals surface area contributed by atoms with Gasteiger partial charge in [0.1, 0.15) is 11.8 Å². The Bertz CT molecular complexity index is 1070. The van der Waals surface area contributed by atoms with Gasteiger partial charge in [0.2, 0.25) is 5.91 Å². The predicted molar refractivity (Wildman–Crippen MR) is 137 cm³/mol. The minimum atomic E-state index is -0.433. The maximum atomic E-state index is 12.6. The Morgan fingerprint density at radius 2 is 1.94 bits per heavy atom. The molecule has 2 aliphatic heterocycles. The van der Waals surface area contributed by atoms with Gasteiger partial charge in [-0.1, -0.05) is 25.9 Å². The maximum Gasteiger partial charge on any atom is 0.324 e. The molecule has 9 nitrogen and oxygen atoms in total. The van der Waals surface area contributed by atoms with Gasteiger partial charge in [-0.05, 0) is 68.7 Å². The Kier molecular flexibility index (Phi) is 7.85. The number of amides is 2. The monoisotopic (exact) mass is 497 g/mol. The number of hydrogen-bond acceptors (Lipinski definition) is 7. The van der Waals surface area contributed by atoms with Crippen LogP contribution in [0.5, 0.6) is 5.75 Å². The number of likely N-dealkylation sites (N-methyl/N-ethyl adjacent to an activating group) is 1. The van der Waals surface area contributed by atoms with Crippen LogP contribution in [0.2, 0.25) is 0 Å². The smallest absolute Gasteiger partial charge is 0.324 e. The summed E-state index contributed by atoms with van der Waals surface area (Å²) in [5, 5.41) is 7.00. The van der Waals surface area contributed by atoms with Crippen molar-refractivity contribution in [1.82, 2.24) is 20.4 Å². The number of rotatable bonds is 8. The fourth-order valence-corrected chi connectivity index (χ4v) is 4.80. The van der Waals surface area contributed by atoms with Gasteiger partial charge in [-0.25, -0.2) is 0 Å². The Morgan fingerprint density at radius 1 is 1.19 bits per heavy atom. The molecule has 36 heavy (non-hydrogen) atoms. The molecule has 2 aliphatic rings. The van der Waals surface area contributed by atoms with E-state index >= 15 is 0 Å². The van der Waals surface area contributed by atoms with Crippen LogP contribution in [0.25, 0.3) is 0 Å². The molecule has 1 aromatic carbocycles. The third-order valence-electron chi connectivity index (χ3n) is 7.17. The lowest BCUT2D eigenvalue weighted by molar-refractivity contribution is -0.128. The molecule has 0 spiro atoms. The van der Waals surface area contributed by atoms with Crippen LogP contribution in [-0.2, 0) is 10.2 Å². The summed E-state index contributed by atoms with van der Waals surface area (Å²) in [5.41, 5.74) is 1.30. The van der Waals surface area contributed by atoms with Gasteiger partial charge < -0.3 is 24.4 Å². The molecule has 9 heteroatoms. The van der Waals surface area contributed by atoms with Crippen molar-refractivity contribution in [3.63, 3.8) is 0 Å². The summed E-state index contributed by atoms with van der Waals surface area (Å²) < 4.78 is 11.5. The number of piperidine rings is 1. The summed E-state index contributed by atoms with van der Waals surface area (Å²) in [7, 11) is 1.76. The first-order chi connectivity index (χ1) is 17.1. The lowest BCUT2D eigenvalue weighted by Crippen LogP contribution is -2.40.